The molecule has 1 aromatic heterocycles. The number of hydrogen-bond donors (Lipinski definition) is 2. The Morgan fingerprint density at radius 1 is 1.44 bits per heavy atom. The van der Waals surface area contributed by atoms with Gasteiger partial charge in [0.25, 0.3) is 5.91 Å². The number of carboxylic acids is 1. The van der Waals surface area contributed by atoms with Crippen molar-refractivity contribution < 1.29 is 19.1 Å². The first-order chi connectivity index (χ1) is 7.44. The van der Waals surface area contributed by atoms with Gasteiger partial charge in [0.15, 0.2) is 5.76 Å². The smallest absolute Gasteiger partial charge is 0.329 e. The molecule has 1 aromatic rings. The summed E-state index contributed by atoms with van der Waals surface area (Å²) in [4.78, 5) is 22.7. The van der Waals surface area contributed by atoms with Crippen LogP contribution in [0.2, 0.25) is 0 Å². The Balaban J connectivity index is 2.15. The van der Waals surface area contributed by atoms with Gasteiger partial charge < -0.3 is 14.8 Å². The third-order valence-corrected chi connectivity index (χ3v) is 2.76. The zero-order valence-corrected chi connectivity index (χ0v) is 9.16. The number of carbonyl (C=O) groups is 2. The SMILES string of the molecule is Cc1cc(C)c(C(=O)NC2(C(=O)O)CC2)o1. The molecule has 86 valence electrons. The summed E-state index contributed by atoms with van der Waals surface area (Å²) in [6.07, 6.45) is 0.958. The fraction of sp³-hybridized carbons (Fsp3) is 0.455. The van der Waals surface area contributed by atoms with Crippen LogP contribution in [-0.2, 0) is 4.79 Å². The molecule has 0 unspecified atom stereocenters. The fourth-order valence-corrected chi connectivity index (χ4v) is 1.66. The van der Waals surface area contributed by atoms with Crippen LogP contribution >= 0.6 is 0 Å². The Morgan fingerprint density at radius 2 is 2.06 bits per heavy atom. The van der Waals surface area contributed by atoms with Gasteiger partial charge in [-0.2, -0.15) is 0 Å². The summed E-state index contributed by atoms with van der Waals surface area (Å²) >= 11 is 0. The molecule has 5 heteroatoms. The van der Waals surface area contributed by atoms with E-state index in [9.17, 15) is 9.59 Å². The molecule has 1 aliphatic rings. The largest absolute Gasteiger partial charge is 0.480 e. The molecule has 5 nitrogen and oxygen atoms in total. The van der Waals surface area contributed by atoms with E-state index in [0.717, 1.165) is 5.56 Å². The van der Waals surface area contributed by atoms with Gasteiger partial charge in [-0.3, -0.25) is 4.79 Å². The predicted octanol–water partition coefficient (Wildman–Crippen LogP) is 1.24. The van der Waals surface area contributed by atoms with Crippen LogP contribution in [0.5, 0.6) is 0 Å². The van der Waals surface area contributed by atoms with Crippen LogP contribution in [0.25, 0.3) is 0 Å². The minimum atomic E-state index is -1.07. The molecule has 0 spiro atoms. The van der Waals surface area contributed by atoms with E-state index in [-0.39, 0.29) is 5.76 Å². The number of rotatable bonds is 3. The third kappa shape index (κ3) is 1.68. The molecule has 0 bridgehead atoms. The molecule has 1 saturated carbocycles. The standard InChI is InChI=1S/C11H13NO4/c1-6-5-7(2)16-8(6)9(13)12-11(3-4-11)10(14)15/h5H,3-4H2,1-2H3,(H,12,13)(H,14,15). The van der Waals surface area contributed by atoms with Gasteiger partial charge in [-0.15, -0.1) is 0 Å². The van der Waals surface area contributed by atoms with Crippen LogP contribution in [0.4, 0.5) is 0 Å². The van der Waals surface area contributed by atoms with Crippen molar-refractivity contribution in [1.29, 1.82) is 0 Å². The highest BCUT2D eigenvalue weighted by Gasteiger charge is 2.52. The number of aliphatic carboxylic acids is 1. The van der Waals surface area contributed by atoms with Crippen LogP contribution in [0.1, 0.15) is 34.7 Å². The van der Waals surface area contributed by atoms with Crippen LogP contribution in [0, 0.1) is 13.8 Å². The molecule has 0 radical (unpaired) electrons. The summed E-state index contributed by atoms with van der Waals surface area (Å²) in [5.41, 5.74) is -0.347. The maximum atomic E-state index is 11.8. The van der Waals surface area contributed by atoms with Crippen molar-refractivity contribution in [2.45, 2.75) is 32.2 Å². The molecule has 0 aromatic carbocycles. The van der Waals surface area contributed by atoms with Crippen molar-refractivity contribution in [2.75, 3.05) is 0 Å². The van der Waals surface area contributed by atoms with Gasteiger partial charge in [0, 0.05) is 5.56 Å². The lowest BCUT2D eigenvalue weighted by Crippen LogP contribution is -2.43. The number of nitrogens with one attached hydrogen (secondary N) is 1. The van der Waals surface area contributed by atoms with Crippen molar-refractivity contribution >= 4 is 11.9 Å². The molecule has 1 fully saturated rings. The van der Waals surface area contributed by atoms with Gasteiger partial charge in [-0.25, -0.2) is 4.79 Å². The van der Waals surface area contributed by atoms with Gasteiger partial charge in [0.2, 0.25) is 0 Å². The van der Waals surface area contributed by atoms with E-state index in [1.54, 1.807) is 19.9 Å². The van der Waals surface area contributed by atoms with E-state index < -0.39 is 17.4 Å². The van der Waals surface area contributed by atoms with Crippen molar-refractivity contribution in [1.82, 2.24) is 5.32 Å². The maximum Gasteiger partial charge on any atom is 0.329 e. The summed E-state index contributed by atoms with van der Waals surface area (Å²) in [6, 6.07) is 1.75. The molecular formula is C11H13NO4. The van der Waals surface area contributed by atoms with E-state index in [1.807, 2.05) is 0 Å². The maximum absolute atomic E-state index is 11.8. The second kappa shape index (κ2) is 3.37. The predicted molar refractivity (Wildman–Crippen MR) is 55.2 cm³/mol. The Bertz CT molecular complexity index is 457. The van der Waals surface area contributed by atoms with Crippen molar-refractivity contribution in [3.05, 3.63) is 23.2 Å². The summed E-state index contributed by atoms with van der Waals surface area (Å²) in [5.74, 6) is -0.597. The second-order valence-electron chi connectivity index (χ2n) is 4.21. The van der Waals surface area contributed by atoms with Gasteiger partial charge in [-0.05, 0) is 32.8 Å². The van der Waals surface area contributed by atoms with Gasteiger partial charge in [0.1, 0.15) is 11.3 Å². The van der Waals surface area contributed by atoms with Crippen LogP contribution in [0.3, 0.4) is 0 Å². The summed E-state index contributed by atoms with van der Waals surface area (Å²) in [6.45, 7) is 3.50. The highest BCUT2D eigenvalue weighted by atomic mass is 16.4. The summed E-state index contributed by atoms with van der Waals surface area (Å²) in [5, 5.41) is 11.4. The molecule has 1 aliphatic carbocycles. The lowest BCUT2D eigenvalue weighted by atomic mass is 10.2. The molecule has 2 N–H and O–H groups in total. The second-order valence-corrected chi connectivity index (χ2v) is 4.21. The lowest BCUT2D eigenvalue weighted by Gasteiger charge is -2.11. The molecular weight excluding hydrogens is 210 g/mol. The normalized spacial score (nSPS) is 16.9. The minimum absolute atomic E-state index is 0.199. The van der Waals surface area contributed by atoms with Crippen LogP contribution in [0.15, 0.2) is 10.5 Å². The first-order valence-corrected chi connectivity index (χ1v) is 5.07. The van der Waals surface area contributed by atoms with Crippen molar-refractivity contribution in [3.8, 4) is 0 Å². The molecule has 0 aliphatic heterocycles. The number of aryl methyl sites for hydroxylation is 2. The van der Waals surface area contributed by atoms with Gasteiger partial charge in [0.05, 0.1) is 0 Å². The van der Waals surface area contributed by atoms with Gasteiger partial charge in [-0.1, -0.05) is 0 Å². The van der Waals surface area contributed by atoms with Gasteiger partial charge >= 0.3 is 5.97 Å². The minimum Gasteiger partial charge on any atom is -0.480 e. The Morgan fingerprint density at radius 3 is 2.44 bits per heavy atom. The molecule has 0 saturated heterocycles. The Labute approximate surface area is 92.4 Å². The van der Waals surface area contributed by atoms with Crippen molar-refractivity contribution in [3.63, 3.8) is 0 Å². The fourth-order valence-electron chi connectivity index (χ4n) is 1.66. The molecule has 1 amide bonds. The quantitative estimate of drug-likeness (QED) is 0.808. The molecule has 2 rings (SSSR count). The lowest BCUT2D eigenvalue weighted by molar-refractivity contribution is -0.140. The van der Waals surface area contributed by atoms with E-state index in [2.05, 4.69) is 5.32 Å². The number of carboxylic acid groups (broad SMARTS) is 1. The Kier molecular flexibility index (Phi) is 2.26. The molecule has 0 atom stereocenters. The number of hydrogen-bond acceptors (Lipinski definition) is 3. The van der Waals surface area contributed by atoms with Crippen LogP contribution < -0.4 is 5.32 Å². The van der Waals surface area contributed by atoms with Crippen molar-refractivity contribution in [2.24, 2.45) is 0 Å². The first-order valence-electron chi connectivity index (χ1n) is 5.07. The molecule has 1 heterocycles. The van der Waals surface area contributed by atoms with E-state index in [0.29, 0.717) is 18.6 Å². The zero-order chi connectivity index (χ0) is 11.9. The first kappa shape index (κ1) is 10.7. The number of furan rings is 1. The topological polar surface area (TPSA) is 79.5 Å². The highest BCUT2D eigenvalue weighted by molar-refractivity contribution is 5.98. The average Bonchev–Trinajstić information content (AvgIpc) is 2.87. The summed E-state index contributed by atoms with van der Waals surface area (Å²) < 4.78 is 5.22. The zero-order valence-electron chi connectivity index (χ0n) is 9.16. The third-order valence-electron chi connectivity index (χ3n) is 2.76. The number of carbonyl (C=O) groups excluding carboxylic acids is 1. The summed E-state index contributed by atoms with van der Waals surface area (Å²) in [7, 11) is 0. The van der Waals surface area contributed by atoms with E-state index >= 15 is 0 Å². The average molecular weight is 223 g/mol. The number of amides is 1. The van der Waals surface area contributed by atoms with Crippen LogP contribution in [-0.4, -0.2) is 22.5 Å². The molecule has 16 heavy (non-hydrogen) atoms. The van der Waals surface area contributed by atoms with E-state index in [4.69, 9.17) is 9.52 Å². The highest BCUT2D eigenvalue weighted by Crippen LogP contribution is 2.36. The van der Waals surface area contributed by atoms with E-state index in [1.165, 1.54) is 0 Å². The Hall–Kier alpha value is -1.78. The monoisotopic (exact) mass is 223 g/mol.